The van der Waals surface area contributed by atoms with E-state index in [-0.39, 0.29) is 12.2 Å². The van der Waals surface area contributed by atoms with Gasteiger partial charge in [0, 0.05) is 23.4 Å². The number of carbonyl (C=O) groups is 1. The molecule has 0 aliphatic heterocycles. The first-order valence-electron chi connectivity index (χ1n) is 4.06. The van der Waals surface area contributed by atoms with Gasteiger partial charge in [0.2, 0.25) is 0 Å². The van der Waals surface area contributed by atoms with Crippen molar-refractivity contribution in [2.45, 2.75) is 12.5 Å². The number of phenolic OH excluding ortho intramolecular Hbond substituents is 1. The minimum atomic E-state index is -1.01. The number of phenols is 1. The molecule has 14 heavy (non-hydrogen) atoms. The molecular formula is C9H12N2O3. The van der Waals surface area contributed by atoms with Crippen molar-refractivity contribution < 1.29 is 15.0 Å². The Morgan fingerprint density at radius 1 is 1.50 bits per heavy atom. The van der Waals surface area contributed by atoms with Crippen molar-refractivity contribution in [3.8, 4) is 5.75 Å². The third-order valence-electron chi connectivity index (χ3n) is 1.85. The molecule has 1 aromatic carbocycles. The van der Waals surface area contributed by atoms with Crippen molar-refractivity contribution in [2.75, 3.05) is 5.73 Å². The van der Waals surface area contributed by atoms with E-state index in [9.17, 15) is 9.90 Å². The normalized spacial score (nSPS) is 12.4. The zero-order valence-electron chi connectivity index (χ0n) is 7.47. The van der Waals surface area contributed by atoms with Crippen LogP contribution in [0.2, 0.25) is 0 Å². The number of rotatable bonds is 3. The molecule has 1 rings (SSSR count). The van der Waals surface area contributed by atoms with Crippen LogP contribution in [-0.2, 0) is 4.79 Å². The molecule has 0 aliphatic rings. The minimum absolute atomic E-state index is 0.0706. The highest BCUT2D eigenvalue weighted by Crippen LogP contribution is 2.26. The molecule has 0 heterocycles. The summed E-state index contributed by atoms with van der Waals surface area (Å²) in [4.78, 5) is 10.4. The van der Waals surface area contributed by atoms with Gasteiger partial charge in [-0.15, -0.1) is 0 Å². The highest BCUT2D eigenvalue weighted by Gasteiger charge is 2.14. The number of benzene rings is 1. The number of nitrogens with two attached hydrogens (primary N) is 2. The summed E-state index contributed by atoms with van der Waals surface area (Å²) in [6, 6.07) is 3.72. The minimum Gasteiger partial charge on any atom is -0.508 e. The Morgan fingerprint density at radius 3 is 2.64 bits per heavy atom. The van der Waals surface area contributed by atoms with Gasteiger partial charge in [-0.1, -0.05) is 6.07 Å². The molecule has 5 heteroatoms. The van der Waals surface area contributed by atoms with Crippen LogP contribution in [0.4, 0.5) is 5.69 Å². The van der Waals surface area contributed by atoms with Crippen LogP contribution in [0.15, 0.2) is 18.2 Å². The summed E-state index contributed by atoms with van der Waals surface area (Å²) in [5, 5.41) is 17.9. The number of nitrogen functional groups attached to an aromatic ring is 1. The van der Waals surface area contributed by atoms with Crippen LogP contribution in [-0.4, -0.2) is 16.2 Å². The Kier molecular flexibility index (Phi) is 2.93. The summed E-state index contributed by atoms with van der Waals surface area (Å²) >= 11 is 0. The van der Waals surface area contributed by atoms with E-state index in [0.717, 1.165) is 0 Å². The SMILES string of the molecule is Nc1ccc(C(N)CC(=O)O)c(O)c1. The predicted molar refractivity (Wildman–Crippen MR) is 51.7 cm³/mol. The Labute approximate surface area is 81.0 Å². The summed E-state index contributed by atoms with van der Waals surface area (Å²) in [5.41, 5.74) is 11.8. The molecule has 5 nitrogen and oxygen atoms in total. The zero-order chi connectivity index (χ0) is 10.7. The highest BCUT2D eigenvalue weighted by molar-refractivity contribution is 5.68. The summed E-state index contributed by atoms with van der Waals surface area (Å²) < 4.78 is 0. The van der Waals surface area contributed by atoms with E-state index in [4.69, 9.17) is 16.6 Å². The lowest BCUT2D eigenvalue weighted by atomic mass is 10.0. The summed E-state index contributed by atoms with van der Waals surface area (Å²) in [5.74, 6) is -1.08. The Balaban J connectivity index is 2.90. The van der Waals surface area contributed by atoms with Gasteiger partial charge in [-0.3, -0.25) is 4.79 Å². The molecule has 0 amide bonds. The van der Waals surface area contributed by atoms with E-state index in [2.05, 4.69) is 0 Å². The molecule has 76 valence electrons. The molecule has 6 N–H and O–H groups in total. The lowest BCUT2D eigenvalue weighted by molar-refractivity contribution is -0.137. The van der Waals surface area contributed by atoms with Gasteiger partial charge in [-0.05, 0) is 6.07 Å². The molecule has 0 bridgehead atoms. The monoisotopic (exact) mass is 196 g/mol. The van der Waals surface area contributed by atoms with Crippen molar-refractivity contribution in [2.24, 2.45) is 5.73 Å². The van der Waals surface area contributed by atoms with Gasteiger partial charge in [0.1, 0.15) is 5.75 Å². The van der Waals surface area contributed by atoms with E-state index in [0.29, 0.717) is 11.3 Å². The molecule has 0 spiro atoms. The topological polar surface area (TPSA) is 110 Å². The van der Waals surface area contributed by atoms with Crippen molar-refractivity contribution in [3.05, 3.63) is 23.8 Å². The van der Waals surface area contributed by atoms with Gasteiger partial charge in [-0.25, -0.2) is 0 Å². The maximum atomic E-state index is 10.4. The largest absolute Gasteiger partial charge is 0.508 e. The van der Waals surface area contributed by atoms with Gasteiger partial charge < -0.3 is 21.7 Å². The standard InChI is InChI=1S/C9H12N2O3/c10-5-1-2-6(8(12)3-5)7(11)4-9(13)14/h1-3,7,12H,4,10-11H2,(H,13,14). The summed E-state index contributed by atoms with van der Waals surface area (Å²) in [7, 11) is 0. The van der Waals surface area contributed by atoms with Crippen molar-refractivity contribution in [1.82, 2.24) is 0 Å². The first-order chi connectivity index (χ1) is 6.50. The third kappa shape index (κ3) is 2.37. The molecule has 1 unspecified atom stereocenters. The van der Waals surface area contributed by atoms with E-state index < -0.39 is 12.0 Å². The lowest BCUT2D eigenvalue weighted by Gasteiger charge is -2.11. The van der Waals surface area contributed by atoms with Crippen molar-refractivity contribution in [3.63, 3.8) is 0 Å². The van der Waals surface area contributed by atoms with Crippen LogP contribution in [0.5, 0.6) is 5.75 Å². The molecule has 1 aromatic rings. The van der Waals surface area contributed by atoms with Gasteiger partial charge >= 0.3 is 5.97 Å². The first kappa shape index (κ1) is 10.3. The van der Waals surface area contributed by atoms with Crippen LogP contribution in [0.25, 0.3) is 0 Å². The van der Waals surface area contributed by atoms with Crippen LogP contribution in [0.3, 0.4) is 0 Å². The second-order valence-electron chi connectivity index (χ2n) is 3.02. The van der Waals surface area contributed by atoms with Crippen LogP contribution in [0.1, 0.15) is 18.0 Å². The molecule has 0 aliphatic carbocycles. The number of hydrogen-bond acceptors (Lipinski definition) is 4. The Hall–Kier alpha value is -1.75. The Morgan fingerprint density at radius 2 is 2.14 bits per heavy atom. The molecule has 0 aromatic heterocycles. The van der Waals surface area contributed by atoms with Gasteiger partial charge in [0.05, 0.1) is 6.42 Å². The Bertz CT molecular complexity index is 352. The van der Waals surface area contributed by atoms with Gasteiger partial charge in [-0.2, -0.15) is 0 Å². The smallest absolute Gasteiger partial charge is 0.305 e. The number of anilines is 1. The maximum absolute atomic E-state index is 10.4. The zero-order valence-corrected chi connectivity index (χ0v) is 7.47. The number of carboxylic acids is 1. The fourth-order valence-electron chi connectivity index (χ4n) is 1.17. The molecular weight excluding hydrogens is 184 g/mol. The second-order valence-corrected chi connectivity index (χ2v) is 3.02. The van der Waals surface area contributed by atoms with Crippen LogP contribution < -0.4 is 11.5 Å². The highest BCUT2D eigenvalue weighted by atomic mass is 16.4. The van der Waals surface area contributed by atoms with Crippen LogP contribution >= 0.6 is 0 Å². The van der Waals surface area contributed by atoms with E-state index in [1.54, 1.807) is 6.07 Å². The summed E-state index contributed by atoms with van der Waals surface area (Å²) in [6.45, 7) is 0. The molecule has 0 saturated heterocycles. The fourth-order valence-corrected chi connectivity index (χ4v) is 1.17. The van der Waals surface area contributed by atoms with Crippen molar-refractivity contribution in [1.29, 1.82) is 0 Å². The number of carboxylic acid groups (broad SMARTS) is 1. The third-order valence-corrected chi connectivity index (χ3v) is 1.85. The fraction of sp³-hybridized carbons (Fsp3) is 0.222. The molecule has 1 atom stereocenters. The average Bonchev–Trinajstić information content (AvgIpc) is 2.01. The average molecular weight is 196 g/mol. The van der Waals surface area contributed by atoms with Crippen LogP contribution in [0, 0.1) is 0 Å². The molecule has 0 fully saturated rings. The van der Waals surface area contributed by atoms with E-state index in [1.807, 2.05) is 0 Å². The number of hydrogen-bond donors (Lipinski definition) is 4. The maximum Gasteiger partial charge on any atom is 0.305 e. The quantitative estimate of drug-likeness (QED) is 0.524. The lowest BCUT2D eigenvalue weighted by Crippen LogP contribution is -2.15. The predicted octanol–water partition coefficient (Wildman–Crippen LogP) is 0.449. The molecule has 0 saturated carbocycles. The van der Waals surface area contributed by atoms with Gasteiger partial charge in [0.15, 0.2) is 0 Å². The van der Waals surface area contributed by atoms with E-state index >= 15 is 0 Å². The van der Waals surface area contributed by atoms with Gasteiger partial charge in [0.25, 0.3) is 0 Å². The van der Waals surface area contributed by atoms with Crippen molar-refractivity contribution >= 4 is 11.7 Å². The van der Waals surface area contributed by atoms with E-state index in [1.165, 1.54) is 12.1 Å². The summed E-state index contributed by atoms with van der Waals surface area (Å²) in [6.07, 6.45) is -0.225. The molecule has 0 radical (unpaired) electrons. The number of aliphatic carboxylic acids is 1. The first-order valence-corrected chi connectivity index (χ1v) is 4.06. The second kappa shape index (κ2) is 3.97. The number of aromatic hydroxyl groups is 1.